The van der Waals surface area contributed by atoms with Crippen molar-refractivity contribution < 1.29 is 10.0 Å². The standard InChI is InChI=1S/C12H23N3O2/c1-9(2)14(4)12(16)8-15-6-5-11(13-17)10(3)7-15/h9-10,17H,5-8H2,1-4H3. The van der Waals surface area contributed by atoms with Gasteiger partial charge in [-0.25, -0.2) is 0 Å². The van der Waals surface area contributed by atoms with Crippen molar-refractivity contribution in [3.63, 3.8) is 0 Å². The van der Waals surface area contributed by atoms with Crippen LogP contribution in [0.4, 0.5) is 0 Å². The average Bonchev–Trinajstić information content (AvgIpc) is 2.28. The molecule has 1 rings (SSSR count). The molecular formula is C12H23N3O2. The zero-order chi connectivity index (χ0) is 13.0. The second-order valence-electron chi connectivity index (χ2n) is 5.08. The number of amides is 1. The van der Waals surface area contributed by atoms with Crippen molar-refractivity contribution in [2.45, 2.75) is 33.2 Å². The molecule has 0 saturated carbocycles. The number of oxime groups is 1. The van der Waals surface area contributed by atoms with Crippen molar-refractivity contribution in [1.82, 2.24) is 9.80 Å². The van der Waals surface area contributed by atoms with E-state index in [1.165, 1.54) is 0 Å². The van der Waals surface area contributed by atoms with Crippen molar-refractivity contribution >= 4 is 11.6 Å². The number of piperidine rings is 1. The van der Waals surface area contributed by atoms with Crippen LogP contribution in [0, 0.1) is 5.92 Å². The molecule has 0 aromatic rings. The summed E-state index contributed by atoms with van der Waals surface area (Å²) in [6, 6.07) is 0.235. The maximum atomic E-state index is 11.9. The number of carbonyl (C=O) groups excluding carboxylic acids is 1. The van der Waals surface area contributed by atoms with Gasteiger partial charge in [-0.3, -0.25) is 9.69 Å². The summed E-state index contributed by atoms with van der Waals surface area (Å²) < 4.78 is 0. The number of hydrogen-bond donors (Lipinski definition) is 1. The molecule has 1 amide bonds. The van der Waals surface area contributed by atoms with Crippen LogP contribution in [0.15, 0.2) is 5.16 Å². The van der Waals surface area contributed by atoms with Gasteiger partial charge in [0.1, 0.15) is 0 Å². The van der Waals surface area contributed by atoms with E-state index in [1.54, 1.807) is 4.90 Å². The molecule has 17 heavy (non-hydrogen) atoms. The molecule has 1 N–H and O–H groups in total. The molecule has 5 nitrogen and oxygen atoms in total. The maximum Gasteiger partial charge on any atom is 0.236 e. The van der Waals surface area contributed by atoms with Gasteiger partial charge in [0.05, 0.1) is 12.3 Å². The quantitative estimate of drug-likeness (QED) is 0.593. The third kappa shape index (κ3) is 3.70. The maximum absolute atomic E-state index is 11.9. The molecule has 0 radical (unpaired) electrons. The summed E-state index contributed by atoms with van der Waals surface area (Å²) in [6.07, 6.45) is 0.746. The lowest BCUT2D eigenvalue weighted by Crippen LogP contribution is -2.46. The van der Waals surface area contributed by atoms with E-state index in [1.807, 2.05) is 27.8 Å². The lowest BCUT2D eigenvalue weighted by molar-refractivity contribution is -0.132. The first-order chi connectivity index (χ1) is 7.95. The van der Waals surface area contributed by atoms with Gasteiger partial charge in [-0.1, -0.05) is 12.1 Å². The number of carbonyl (C=O) groups is 1. The van der Waals surface area contributed by atoms with Crippen LogP contribution in [-0.2, 0) is 4.79 Å². The van der Waals surface area contributed by atoms with Gasteiger partial charge in [-0.15, -0.1) is 0 Å². The molecule has 1 unspecified atom stereocenters. The zero-order valence-electron chi connectivity index (χ0n) is 11.2. The van der Waals surface area contributed by atoms with Crippen LogP contribution in [0.25, 0.3) is 0 Å². The van der Waals surface area contributed by atoms with Crippen LogP contribution in [0.5, 0.6) is 0 Å². The minimum Gasteiger partial charge on any atom is -0.411 e. The molecule has 0 aromatic carbocycles. The van der Waals surface area contributed by atoms with Gasteiger partial charge >= 0.3 is 0 Å². The Hall–Kier alpha value is -1.10. The second-order valence-corrected chi connectivity index (χ2v) is 5.08. The molecule has 0 aliphatic carbocycles. The lowest BCUT2D eigenvalue weighted by atomic mass is 9.98. The minimum absolute atomic E-state index is 0.150. The Morgan fingerprint density at radius 2 is 2.29 bits per heavy atom. The monoisotopic (exact) mass is 241 g/mol. The van der Waals surface area contributed by atoms with Crippen LogP contribution in [-0.4, -0.2) is 59.3 Å². The summed E-state index contributed by atoms with van der Waals surface area (Å²) in [6.45, 7) is 8.08. The molecule has 1 heterocycles. The Balaban J connectivity index is 2.47. The summed E-state index contributed by atoms with van der Waals surface area (Å²) in [5.41, 5.74) is 0.839. The van der Waals surface area contributed by atoms with Crippen LogP contribution >= 0.6 is 0 Å². The fourth-order valence-electron chi connectivity index (χ4n) is 1.99. The molecule has 1 fully saturated rings. The predicted molar refractivity (Wildman–Crippen MR) is 67.3 cm³/mol. The Morgan fingerprint density at radius 1 is 1.65 bits per heavy atom. The summed E-state index contributed by atoms with van der Waals surface area (Å²) >= 11 is 0. The van der Waals surface area contributed by atoms with Gasteiger partial charge in [0.15, 0.2) is 0 Å². The van der Waals surface area contributed by atoms with Gasteiger partial charge in [0.2, 0.25) is 5.91 Å². The Kier molecular flexibility index (Phi) is 4.93. The van der Waals surface area contributed by atoms with E-state index in [-0.39, 0.29) is 17.9 Å². The highest BCUT2D eigenvalue weighted by Gasteiger charge is 2.25. The molecule has 1 saturated heterocycles. The van der Waals surface area contributed by atoms with Gasteiger partial charge in [0.25, 0.3) is 0 Å². The zero-order valence-corrected chi connectivity index (χ0v) is 11.2. The van der Waals surface area contributed by atoms with E-state index in [0.29, 0.717) is 6.54 Å². The van der Waals surface area contributed by atoms with E-state index >= 15 is 0 Å². The summed E-state index contributed by atoms with van der Waals surface area (Å²) in [5.74, 6) is 0.377. The first kappa shape index (κ1) is 14.0. The van der Waals surface area contributed by atoms with E-state index < -0.39 is 0 Å². The van der Waals surface area contributed by atoms with Gasteiger partial charge < -0.3 is 10.1 Å². The van der Waals surface area contributed by atoms with Crippen molar-refractivity contribution in [1.29, 1.82) is 0 Å². The highest BCUT2D eigenvalue weighted by Crippen LogP contribution is 2.13. The Bertz CT molecular complexity index is 302. The van der Waals surface area contributed by atoms with E-state index in [0.717, 1.165) is 25.2 Å². The minimum atomic E-state index is 0.150. The molecule has 98 valence electrons. The molecule has 5 heteroatoms. The fourth-order valence-corrected chi connectivity index (χ4v) is 1.99. The number of likely N-dealkylation sites (N-methyl/N-ethyl adjacent to an activating group) is 1. The van der Waals surface area contributed by atoms with Gasteiger partial charge in [0, 0.05) is 38.5 Å². The molecule has 0 aromatic heterocycles. The third-order valence-electron chi connectivity index (χ3n) is 3.44. The fraction of sp³-hybridized carbons (Fsp3) is 0.833. The third-order valence-corrected chi connectivity index (χ3v) is 3.44. The van der Waals surface area contributed by atoms with Crippen LogP contribution in [0.3, 0.4) is 0 Å². The van der Waals surface area contributed by atoms with Crippen LogP contribution in [0.1, 0.15) is 27.2 Å². The molecule has 0 bridgehead atoms. The molecular weight excluding hydrogens is 218 g/mol. The number of nitrogens with zero attached hydrogens (tertiary/aromatic N) is 3. The summed E-state index contributed by atoms with van der Waals surface area (Å²) in [7, 11) is 1.83. The molecule has 1 atom stereocenters. The van der Waals surface area contributed by atoms with Crippen molar-refractivity contribution in [3.05, 3.63) is 0 Å². The topological polar surface area (TPSA) is 56.1 Å². The first-order valence-corrected chi connectivity index (χ1v) is 6.14. The van der Waals surface area contributed by atoms with E-state index in [2.05, 4.69) is 10.1 Å². The average molecular weight is 241 g/mol. The molecule has 0 spiro atoms. The Morgan fingerprint density at radius 3 is 2.76 bits per heavy atom. The molecule has 1 aliphatic heterocycles. The van der Waals surface area contributed by atoms with Crippen molar-refractivity contribution in [2.24, 2.45) is 11.1 Å². The number of rotatable bonds is 3. The molecule has 1 aliphatic rings. The largest absolute Gasteiger partial charge is 0.411 e. The second kappa shape index (κ2) is 6.00. The Labute approximate surface area is 103 Å². The highest BCUT2D eigenvalue weighted by molar-refractivity contribution is 5.87. The first-order valence-electron chi connectivity index (χ1n) is 6.14. The van der Waals surface area contributed by atoms with Crippen LogP contribution in [0.2, 0.25) is 0 Å². The highest BCUT2D eigenvalue weighted by atomic mass is 16.4. The van der Waals surface area contributed by atoms with E-state index in [9.17, 15) is 4.79 Å². The predicted octanol–water partition coefficient (Wildman–Crippen LogP) is 1.03. The van der Waals surface area contributed by atoms with Gasteiger partial charge in [-0.05, 0) is 13.8 Å². The summed E-state index contributed by atoms with van der Waals surface area (Å²) in [5, 5.41) is 12.1. The SMILES string of the molecule is CC1CN(CC(=O)N(C)C(C)C)CCC1=NO. The van der Waals surface area contributed by atoms with Crippen molar-refractivity contribution in [3.8, 4) is 0 Å². The smallest absolute Gasteiger partial charge is 0.236 e. The normalized spacial score (nSPS) is 24.3. The summed E-state index contributed by atoms with van der Waals surface area (Å²) in [4.78, 5) is 15.8. The van der Waals surface area contributed by atoms with Crippen molar-refractivity contribution in [2.75, 3.05) is 26.7 Å². The van der Waals surface area contributed by atoms with Gasteiger partial charge in [-0.2, -0.15) is 0 Å². The van der Waals surface area contributed by atoms with Crippen LogP contribution < -0.4 is 0 Å². The number of hydrogen-bond acceptors (Lipinski definition) is 4. The lowest BCUT2D eigenvalue weighted by Gasteiger charge is -2.32. The van der Waals surface area contributed by atoms with E-state index in [4.69, 9.17) is 5.21 Å². The number of likely N-dealkylation sites (tertiary alicyclic amines) is 1.